The minimum atomic E-state index is -0.706. The van der Waals surface area contributed by atoms with Gasteiger partial charge < -0.3 is 19.9 Å². The Labute approximate surface area is 140 Å². The zero-order chi connectivity index (χ0) is 17.5. The molecule has 0 saturated carbocycles. The third kappa shape index (κ3) is 4.62. The van der Waals surface area contributed by atoms with E-state index in [9.17, 15) is 9.18 Å². The molecule has 0 aromatic heterocycles. The van der Waals surface area contributed by atoms with Crippen LogP contribution in [0.4, 0.5) is 4.39 Å². The van der Waals surface area contributed by atoms with E-state index < -0.39 is 11.6 Å². The van der Waals surface area contributed by atoms with Crippen molar-refractivity contribution in [2.24, 2.45) is 0 Å². The fourth-order valence-corrected chi connectivity index (χ4v) is 2.27. The minimum Gasteiger partial charge on any atom is -0.505 e. The number of carbonyl (C=O) groups excluding carboxylic acids is 1. The highest BCUT2D eigenvalue weighted by atomic mass is 19.1. The highest BCUT2D eigenvalue weighted by Crippen LogP contribution is 2.25. The quantitative estimate of drug-likeness (QED) is 0.818. The summed E-state index contributed by atoms with van der Waals surface area (Å²) < 4.78 is 23.7. The molecule has 6 heteroatoms. The third-order valence-corrected chi connectivity index (χ3v) is 3.61. The molecule has 0 atom stereocenters. The van der Waals surface area contributed by atoms with E-state index in [4.69, 9.17) is 14.6 Å². The van der Waals surface area contributed by atoms with Crippen LogP contribution in [0, 0.1) is 5.82 Å². The maximum absolute atomic E-state index is 13.2. The van der Waals surface area contributed by atoms with Crippen LogP contribution in [0.3, 0.4) is 0 Å². The predicted molar refractivity (Wildman–Crippen MR) is 87.8 cm³/mol. The number of methoxy groups -OCH3 is 2. The van der Waals surface area contributed by atoms with Gasteiger partial charge in [-0.3, -0.25) is 4.79 Å². The van der Waals surface area contributed by atoms with Crippen LogP contribution in [0.5, 0.6) is 17.2 Å². The molecule has 0 aliphatic heterocycles. The van der Waals surface area contributed by atoms with E-state index in [1.165, 1.54) is 12.1 Å². The van der Waals surface area contributed by atoms with Gasteiger partial charge in [-0.2, -0.15) is 0 Å². The molecule has 1 amide bonds. The Morgan fingerprint density at radius 3 is 2.62 bits per heavy atom. The lowest BCUT2D eigenvalue weighted by molar-refractivity contribution is -0.121. The summed E-state index contributed by atoms with van der Waals surface area (Å²) in [7, 11) is 3.15. The SMILES string of the molecule is COc1ccc(OC)c(CCC(=O)NCc2ccc(O)c(F)c2)c1. The number of hydrogen-bond donors (Lipinski definition) is 2. The summed E-state index contributed by atoms with van der Waals surface area (Å²) >= 11 is 0. The monoisotopic (exact) mass is 333 g/mol. The van der Waals surface area contributed by atoms with Crippen LogP contribution in [0.25, 0.3) is 0 Å². The van der Waals surface area contributed by atoms with Gasteiger partial charge in [0.2, 0.25) is 5.91 Å². The number of aromatic hydroxyl groups is 1. The van der Waals surface area contributed by atoms with Gasteiger partial charge in [0.05, 0.1) is 14.2 Å². The van der Waals surface area contributed by atoms with Crippen molar-refractivity contribution >= 4 is 5.91 Å². The van der Waals surface area contributed by atoms with Gasteiger partial charge in [-0.05, 0) is 47.9 Å². The molecular formula is C18H20FNO4. The van der Waals surface area contributed by atoms with E-state index >= 15 is 0 Å². The molecule has 0 bridgehead atoms. The summed E-state index contributed by atoms with van der Waals surface area (Å²) in [5, 5.41) is 11.9. The molecule has 128 valence electrons. The first kappa shape index (κ1) is 17.6. The molecule has 0 saturated heterocycles. The van der Waals surface area contributed by atoms with E-state index in [-0.39, 0.29) is 18.9 Å². The Kier molecular flexibility index (Phi) is 6.01. The maximum atomic E-state index is 13.2. The molecular weight excluding hydrogens is 313 g/mol. The van der Waals surface area contributed by atoms with Crippen molar-refractivity contribution in [1.82, 2.24) is 5.32 Å². The first-order chi connectivity index (χ1) is 11.5. The van der Waals surface area contributed by atoms with Gasteiger partial charge in [-0.15, -0.1) is 0 Å². The zero-order valence-electron chi connectivity index (χ0n) is 13.6. The number of rotatable bonds is 7. The number of phenols is 1. The number of halogens is 1. The normalized spacial score (nSPS) is 10.3. The van der Waals surface area contributed by atoms with Crippen molar-refractivity contribution < 1.29 is 23.8 Å². The number of hydrogen-bond acceptors (Lipinski definition) is 4. The zero-order valence-corrected chi connectivity index (χ0v) is 13.6. The summed E-state index contributed by atoms with van der Waals surface area (Å²) in [4.78, 5) is 12.0. The molecule has 0 unspecified atom stereocenters. The minimum absolute atomic E-state index is 0.159. The average Bonchev–Trinajstić information content (AvgIpc) is 2.60. The van der Waals surface area contributed by atoms with Crippen molar-refractivity contribution in [2.75, 3.05) is 14.2 Å². The Morgan fingerprint density at radius 1 is 1.17 bits per heavy atom. The fraction of sp³-hybridized carbons (Fsp3) is 0.278. The number of carbonyl (C=O) groups is 1. The average molecular weight is 333 g/mol. The molecule has 2 rings (SSSR count). The molecule has 0 heterocycles. The van der Waals surface area contributed by atoms with Gasteiger partial charge in [0.1, 0.15) is 11.5 Å². The summed E-state index contributed by atoms with van der Waals surface area (Å²) in [5.74, 6) is 0.126. The number of ether oxygens (including phenoxy) is 2. The van der Waals surface area contributed by atoms with Gasteiger partial charge in [0, 0.05) is 13.0 Å². The first-order valence-corrected chi connectivity index (χ1v) is 7.48. The molecule has 2 aromatic rings. The molecule has 0 spiro atoms. The number of phenolic OH excluding ortho intramolecular Hbond substituents is 1. The summed E-state index contributed by atoms with van der Waals surface area (Å²) in [5.41, 5.74) is 1.46. The summed E-state index contributed by atoms with van der Waals surface area (Å²) in [6, 6.07) is 9.44. The second kappa shape index (κ2) is 8.19. The van der Waals surface area contributed by atoms with Gasteiger partial charge in [-0.25, -0.2) is 4.39 Å². The third-order valence-electron chi connectivity index (χ3n) is 3.61. The summed E-state index contributed by atoms with van der Waals surface area (Å²) in [6.45, 7) is 0.200. The molecule has 0 aliphatic carbocycles. The molecule has 5 nitrogen and oxygen atoms in total. The number of benzene rings is 2. The van der Waals surface area contributed by atoms with E-state index in [0.717, 1.165) is 5.56 Å². The second-order valence-corrected chi connectivity index (χ2v) is 5.24. The maximum Gasteiger partial charge on any atom is 0.220 e. The number of amides is 1. The highest BCUT2D eigenvalue weighted by Gasteiger charge is 2.09. The lowest BCUT2D eigenvalue weighted by atomic mass is 10.1. The van der Waals surface area contributed by atoms with Gasteiger partial charge in [0.25, 0.3) is 0 Å². The summed E-state index contributed by atoms with van der Waals surface area (Å²) in [6.07, 6.45) is 0.764. The second-order valence-electron chi connectivity index (χ2n) is 5.24. The highest BCUT2D eigenvalue weighted by molar-refractivity contribution is 5.76. The fourth-order valence-electron chi connectivity index (χ4n) is 2.27. The Hall–Kier alpha value is -2.76. The first-order valence-electron chi connectivity index (χ1n) is 7.48. The molecule has 0 fully saturated rings. The number of nitrogens with one attached hydrogen (secondary N) is 1. The van der Waals surface area contributed by atoms with Crippen LogP contribution < -0.4 is 14.8 Å². The smallest absolute Gasteiger partial charge is 0.220 e. The van der Waals surface area contributed by atoms with Crippen molar-refractivity contribution in [2.45, 2.75) is 19.4 Å². The Bertz CT molecular complexity index is 718. The van der Waals surface area contributed by atoms with Crippen molar-refractivity contribution in [3.63, 3.8) is 0 Å². The Morgan fingerprint density at radius 2 is 1.96 bits per heavy atom. The topological polar surface area (TPSA) is 67.8 Å². The van der Waals surface area contributed by atoms with Gasteiger partial charge in [0.15, 0.2) is 11.6 Å². The molecule has 2 aromatic carbocycles. The van der Waals surface area contributed by atoms with Crippen LogP contribution in [0.15, 0.2) is 36.4 Å². The molecule has 2 N–H and O–H groups in total. The molecule has 0 radical (unpaired) electrons. The van der Waals surface area contributed by atoms with E-state index in [1.807, 2.05) is 6.07 Å². The van der Waals surface area contributed by atoms with Crippen LogP contribution in [-0.4, -0.2) is 25.2 Å². The van der Waals surface area contributed by atoms with Crippen molar-refractivity contribution in [3.8, 4) is 17.2 Å². The lowest BCUT2D eigenvalue weighted by Gasteiger charge is -2.11. The van der Waals surface area contributed by atoms with E-state index in [1.54, 1.807) is 32.4 Å². The van der Waals surface area contributed by atoms with E-state index in [0.29, 0.717) is 23.5 Å². The molecule has 24 heavy (non-hydrogen) atoms. The van der Waals surface area contributed by atoms with Crippen molar-refractivity contribution in [1.29, 1.82) is 0 Å². The van der Waals surface area contributed by atoms with Crippen LogP contribution in [0.2, 0.25) is 0 Å². The Balaban J connectivity index is 1.90. The van der Waals surface area contributed by atoms with Gasteiger partial charge >= 0.3 is 0 Å². The standard InChI is InChI=1S/C18H20FNO4/c1-23-14-5-7-17(24-2)13(10-14)4-8-18(22)20-11-12-3-6-16(21)15(19)9-12/h3,5-7,9-10,21H,4,8,11H2,1-2H3,(H,20,22). The molecule has 0 aliphatic rings. The van der Waals surface area contributed by atoms with Crippen LogP contribution in [0.1, 0.15) is 17.5 Å². The van der Waals surface area contributed by atoms with Crippen LogP contribution >= 0.6 is 0 Å². The van der Waals surface area contributed by atoms with Crippen molar-refractivity contribution in [3.05, 3.63) is 53.3 Å². The van der Waals surface area contributed by atoms with Gasteiger partial charge in [-0.1, -0.05) is 6.07 Å². The largest absolute Gasteiger partial charge is 0.505 e. The van der Waals surface area contributed by atoms with Crippen LogP contribution in [-0.2, 0) is 17.8 Å². The lowest BCUT2D eigenvalue weighted by Crippen LogP contribution is -2.23. The number of aryl methyl sites for hydroxylation is 1. The van der Waals surface area contributed by atoms with E-state index in [2.05, 4.69) is 5.32 Å². The predicted octanol–water partition coefficient (Wildman–Crippen LogP) is 2.80.